The van der Waals surface area contributed by atoms with Crippen molar-refractivity contribution in [2.24, 2.45) is 0 Å². The first-order valence-corrected chi connectivity index (χ1v) is 10.9. The van der Waals surface area contributed by atoms with E-state index in [1.54, 1.807) is 0 Å². The molecule has 6 nitrogen and oxygen atoms in total. The average Bonchev–Trinajstić information content (AvgIpc) is 3.12. The number of hydrogen-bond acceptors (Lipinski definition) is 5. The average molecular weight is 434 g/mol. The molecule has 0 spiro atoms. The summed E-state index contributed by atoms with van der Waals surface area (Å²) in [7, 11) is 0. The minimum atomic E-state index is -0.235. The van der Waals surface area contributed by atoms with E-state index in [4.69, 9.17) is 4.74 Å². The highest BCUT2D eigenvalue weighted by atomic mass is 32.1. The second-order valence-corrected chi connectivity index (χ2v) is 8.31. The van der Waals surface area contributed by atoms with E-state index < -0.39 is 0 Å². The van der Waals surface area contributed by atoms with Gasteiger partial charge in [-0.25, -0.2) is 4.98 Å². The van der Waals surface area contributed by atoms with Gasteiger partial charge in [-0.3, -0.25) is 14.2 Å². The Kier molecular flexibility index (Phi) is 6.13. The first-order valence-electron chi connectivity index (χ1n) is 10.1. The summed E-state index contributed by atoms with van der Waals surface area (Å²) in [6, 6.07) is 17.3. The maximum atomic E-state index is 13.2. The lowest BCUT2D eigenvalue weighted by Gasteiger charge is -2.08. The van der Waals surface area contributed by atoms with E-state index in [-0.39, 0.29) is 18.0 Å². The maximum Gasteiger partial charge on any atom is 0.263 e. The van der Waals surface area contributed by atoms with E-state index in [1.165, 1.54) is 22.2 Å². The topological polar surface area (TPSA) is 73.2 Å². The van der Waals surface area contributed by atoms with Crippen molar-refractivity contribution >= 4 is 27.5 Å². The molecule has 0 saturated heterocycles. The minimum Gasteiger partial charge on any atom is -0.494 e. The summed E-state index contributed by atoms with van der Waals surface area (Å²) in [5.74, 6) is 0.552. The predicted molar refractivity (Wildman–Crippen MR) is 124 cm³/mol. The fourth-order valence-corrected chi connectivity index (χ4v) is 4.49. The number of ether oxygens (including phenoxy) is 1. The van der Waals surface area contributed by atoms with Gasteiger partial charge in [0.15, 0.2) is 0 Å². The van der Waals surface area contributed by atoms with Crippen molar-refractivity contribution in [2.75, 3.05) is 6.61 Å². The molecule has 4 aromatic rings. The number of carbonyl (C=O) groups excluding carboxylic acids is 1. The van der Waals surface area contributed by atoms with Gasteiger partial charge < -0.3 is 10.1 Å². The van der Waals surface area contributed by atoms with Gasteiger partial charge in [0.25, 0.3) is 5.56 Å². The van der Waals surface area contributed by atoms with E-state index in [9.17, 15) is 9.59 Å². The summed E-state index contributed by atoms with van der Waals surface area (Å²) in [4.78, 5) is 31.8. The molecule has 31 heavy (non-hydrogen) atoms. The van der Waals surface area contributed by atoms with Gasteiger partial charge in [-0.05, 0) is 37.1 Å². The molecule has 0 unspecified atom stereocenters. The molecule has 2 aromatic heterocycles. The molecule has 0 fully saturated rings. The van der Waals surface area contributed by atoms with Crippen LogP contribution in [0.4, 0.5) is 0 Å². The van der Waals surface area contributed by atoms with E-state index in [0.29, 0.717) is 23.4 Å². The van der Waals surface area contributed by atoms with Gasteiger partial charge in [-0.2, -0.15) is 0 Å². The van der Waals surface area contributed by atoms with Crippen molar-refractivity contribution in [2.45, 2.75) is 26.9 Å². The van der Waals surface area contributed by atoms with Crippen LogP contribution in [0.25, 0.3) is 21.3 Å². The van der Waals surface area contributed by atoms with Gasteiger partial charge in [-0.1, -0.05) is 42.5 Å². The fraction of sp³-hybridized carbons (Fsp3) is 0.208. The molecule has 0 aliphatic heterocycles. The van der Waals surface area contributed by atoms with Crippen LogP contribution < -0.4 is 15.6 Å². The standard InChI is InChI=1S/C24H23N3O3S/c1-3-30-19-11-9-18(10-12-19)21-16(2)31-23-22(21)24(29)27(15-26-23)14-20(28)25-13-17-7-5-4-6-8-17/h4-12,15H,3,13-14H2,1-2H3,(H,25,28). The van der Waals surface area contributed by atoms with E-state index in [1.807, 2.05) is 68.4 Å². The zero-order valence-electron chi connectivity index (χ0n) is 17.4. The van der Waals surface area contributed by atoms with Crippen LogP contribution in [0.3, 0.4) is 0 Å². The summed E-state index contributed by atoms with van der Waals surface area (Å²) < 4.78 is 6.89. The Balaban J connectivity index is 1.61. The van der Waals surface area contributed by atoms with Crippen molar-refractivity contribution < 1.29 is 9.53 Å². The molecule has 0 aliphatic carbocycles. The first kappa shape index (κ1) is 20.8. The van der Waals surface area contributed by atoms with E-state index in [0.717, 1.165) is 27.3 Å². The van der Waals surface area contributed by atoms with Crippen LogP contribution in [-0.4, -0.2) is 22.1 Å². The number of nitrogens with zero attached hydrogens (tertiary/aromatic N) is 2. The Bertz CT molecular complexity index is 1260. The maximum absolute atomic E-state index is 13.2. The molecule has 1 N–H and O–H groups in total. The molecule has 1 amide bonds. The molecule has 158 valence electrons. The lowest BCUT2D eigenvalue weighted by Crippen LogP contribution is -2.32. The fourth-order valence-electron chi connectivity index (χ4n) is 3.49. The highest BCUT2D eigenvalue weighted by molar-refractivity contribution is 7.19. The Morgan fingerprint density at radius 1 is 1.13 bits per heavy atom. The highest BCUT2D eigenvalue weighted by Crippen LogP contribution is 2.36. The molecule has 2 aromatic carbocycles. The van der Waals surface area contributed by atoms with Crippen molar-refractivity contribution in [3.05, 3.63) is 81.7 Å². The van der Waals surface area contributed by atoms with Gasteiger partial charge in [0.05, 0.1) is 18.3 Å². The predicted octanol–water partition coefficient (Wildman–Crippen LogP) is 4.15. The summed E-state index contributed by atoms with van der Waals surface area (Å²) in [5.41, 5.74) is 2.58. The molecule has 0 saturated carbocycles. The number of aryl methyl sites for hydroxylation is 1. The molecule has 2 heterocycles. The molecule has 7 heteroatoms. The molecule has 4 rings (SSSR count). The monoisotopic (exact) mass is 433 g/mol. The van der Waals surface area contributed by atoms with Crippen LogP contribution in [0.2, 0.25) is 0 Å². The van der Waals surface area contributed by atoms with Crippen molar-refractivity contribution in [1.29, 1.82) is 0 Å². The number of aromatic nitrogens is 2. The zero-order valence-corrected chi connectivity index (χ0v) is 18.2. The SMILES string of the molecule is CCOc1ccc(-c2c(C)sc3ncn(CC(=O)NCc4ccccc4)c(=O)c23)cc1. The third-order valence-corrected chi connectivity index (χ3v) is 5.97. The smallest absolute Gasteiger partial charge is 0.263 e. The van der Waals surface area contributed by atoms with Crippen molar-refractivity contribution in [3.63, 3.8) is 0 Å². The van der Waals surface area contributed by atoms with Crippen molar-refractivity contribution in [3.8, 4) is 16.9 Å². The lowest BCUT2D eigenvalue weighted by molar-refractivity contribution is -0.121. The normalized spacial score (nSPS) is 10.9. The zero-order chi connectivity index (χ0) is 21.8. The van der Waals surface area contributed by atoms with Crippen LogP contribution in [0.5, 0.6) is 5.75 Å². The molecule has 0 bridgehead atoms. The van der Waals surface area contributed by atoms with Gasteiger partial charge in [0, 0.05) is 17.0 Å². The van der Waals surface area contributed by atoms with Gasteiger partial charge in [0.2, 0.25) is 5.91 Å². The summed E-state index contributed by atoms with van der Waals surface area (Å²) in [5, 5.41) is 3.40. The van der Waals surface area contributed by atoms with Crippen LogP contribution in [-0.2, 0) is 17.9 Å². The van der Waals surface area contributed by atoms with Gasteiger partial charge in [-0.15, -0.1) is 11.3 Å². The highest BCUT2D eigenvalue weighted by Gasteiger charge is 2.18. The second-order valence-electron chi connectivity index (χ2n) is 7.11. The molecular formula is C24H23N3O3S. The van der Waals surface area contributed by atoms with Crippen LogP contribution in [0.15, 0.2) is 65.7 Å². The molecule has 0 aliphatic rings. The molecule has 0 radical (unpaired) electrons. The van der Waals surface area contributed by atoms with Crippen molar-refractivity contribution in [1.82, 2.24) is 14.9 Å². The molecular weight excluding hydrogens is 410 g/mol. The van der Waals surface area contributed by atoms with E-state index in [2.05, 4.69) is 10.3 Å². The summed E-state index contributed by atoms with van der Waals surface area (Å²) >= 11 is 1.48. The number of carbonyl (C=O) groups is 1. The number of thiophene rings is 1. The van der Waals surface area contributed by atoms with E-state index >= 15 is 0 Å². The quantitative estimate of drug-likeness (QED) is 0.475. The number of hydrogen-bond donors (Lipinski definition) is 1. The number of benzene rings is 2. The number of rotatable bonds is 7. The first-order chi connectivity index (χ1) is 15.1. The third kappa shape index (κ3) is 4.51. The van der Waals surface area contributed by atoms with Gasteiger partial charge in [0.1, 0.15) is 17.1 Å². The Hall–Kier alpha value is -3.45. The summed E-state index contributed by atoms with van der Waals surface area (Å²) in [6.45, 7) is 4.86. The van der Waals surface area contributed by atoms with Crippen LogP contribution in [0, 0.1) is 6.92 Å². The van der Waals surface area contributed by atoms with Gasteiger partial charge >= 0.3 is 0 Å². The Labute approximate surface area is 184 Å². The number of nitrogens with one attached hydrogen (secondary N) is 1. The van der Waals surface area contributed by atoms with Crippen LogP contribution in [0.1, 0.15) is 17.4 Å². The van der Waals surface area contributed by atoms with Crippen LogP contribution >= 0.6 is 11.3 Å². The number of fused-ring (bicyclic) bond motifs is 1. The summed E-state index contributed by atoms with van der Waals surface area (Å²) in [6.07, 6.45) is 1.45. The Morgan fingerprint density at radius 3 is 2.58 bits per heavy atom. The third-order valence-electron chi connectivity index (χ3n) is 4.96. The minimum absolute atomic E-state index is 0.0772. The Morgan fingerprint density at radius 2 is 1.87 bits per heavy atom. The molecule has 0 atom stereocenters. The lowest BCUT2D eigenvalue weighted by atomic mass is 10.0. The second kappa shape index (κ2) is 9.14. The largest absolute Gasteiger partial charge is 0.494 e. The number of amides is 1.